The van der Waals surface area contributed by atoms with E-state index in [1.807, 2.05) is 13.8 Å². The number of aromatic nitrogens is 2. The minimum Gasteiger partial charge on any atom is -0.370 e. The lowest BCUT2D eigenvalue weighted by molar-refractivity contribution is 0.828. The van der Waals surface area contributed by atoms with Crippen molar-refractivity contribution in [1.29, 1.82) is 0 Å². The van der Waals surface area contributed by atoms with Gasteiger partial charge in [-0.1, -0.05) is 13.3 Å². The molecule has 0 spiro atoms. The van der Waals surface area contributed by atoms with Crippen molar-refractivity contribution in [2.75, 3.05) is 11.9 Å². The molecule has 1 rings (SSSR count). The Balaban J connectivity index is 2.75. The summed E-state index contributed by atoms with van der Waals surface area (Å²) in [5, 5.41) is 3.57. The zero-order valence-corrected chi connectivity index (χ0v) is 9.65. The van der Waals surface area contributed by atoms with Gasteiger partial charge in [-0.3, -0.25) is 0 Å². The van der Waals surface area contributed by atoms with Gasteiger partial charge in [-0.05, 0) is 31.9 Å². The van der Waals surface area contributed by atoms with Gasteiger partial charge >= 0.3 is 0 Å². The average molecular weight is 214 g/mol. The Morgan fingerprint density at radius 2 is 2.00 bits per heavy atom. The lowest BCUT2D eigenvalue weighted by Gasteiger charge is -2.09. The summed E-state index contributed by atoms with van der Waals surface area (Å²) in [6.45, 7) is 7.03. The lowest BCUT2D eigenvalue weighted by atomic mass is 10.2. The summed E-state index contributed by atoms with van der Waals surface area (Å²) in [5.41, 5.74) is 2.01. The fraction of sp³-hybridized carbons (Fsp3) is 0.600. The molecule has 1 aromatic rings. The second-order valence-electron chi connectivity index (χ2n) is 3.33. The lowest BCUT2D eigenvalue weighted by Crippen LogP contribution is -2.07. The minimum absolute atomic E-state index is 0.312. The summed E-state index contributed by atoms with van der Waals surface area (Å²) in [6, 6.07) is 0. The molecule has 0 aliphatic carbocycles. The van der Waals surface area contributed by atoms with Crippen LogP contribution in [0.1, 0.15) is 31.0 Å². The van der Waals surface area contributed by atoms with Crippen LogP contribution in [-0.4, -0.2) is 16.5 Å². The predicted molar refractivity (Wildman–Crippen MR) is 59.9 cm³/mol. The third-order valence-corrected chi connectivity index (χ3v) is 2.35. The highest BCUT2D eigenvalue weighted by atomic mass is 35.5. The van der Waals surface area contributed by atoms with Crippen LogP contribution in [0.15, 0.2) is 0 Å². The fourth-order valence-electron chi connectivity index (χ4n) is 1.15. The molecule has 3 nitrogen and oxygen atoms in total. The topological polar surface area (TPSA) is 37.8 Å². The first-order valence-corrected chi connectivity index (χ1v) is 5.27. The van der Waals surface area contributed by atoms with Crippen molar-refractivity contribution >= 4 is 17.4 Å². The van der Waals surface area contributed by atoms with Crippen LogP contribution in [0.2, 0.25) is 5.28 Å². The molecule has 0 amide bonds. The van der Waals surface area contributed by atoms with E-state index in [0.29, 0.717) is 5.28 Å². The fourth-order valence-corrected chi connectivity index (χ4v) is 1.36. The van der Waals surface area contributed by atoms with Crippen molar-refractivity contribution in [3.8, 4) is 0 Å². The molecule has 0 saturated heterocycles. The molecule has 0 aliphatic rings. The molecule has 1 N–H and O–H groups in total. The monoisotopic (exact) mass is 213 g/mol. The average Bonchev–Trinajstić information content (AvgIpc) is 2.13. The Morgan fingerprint density at radius 3 is 2.64 bits per heavy atom. The molecule has 0 bridgehead atoms. The number of anilines is 1. The molecule has 0 fully saturated rings. The van der Waals surface area contributed by atoms with Gasteiger partial charge in [0.25, 0.3) is 0 Å². The van der Waals surface area contributed by atoms with Crippen molar-refractivity contribution in [1.82, 2.24) is 9.97 Å². The Labute approximate surface area is 89.9 Å². The van der Waals surface area contributed by atoms with E-state index in [-0.39, 0.29) is 0 Å². The van der Waals surface area contributed by atoms with Gasteiger partial charge in [0.2, 0.25) is 5.28 Å². The van der Waals surface area contributed by atoms with Crippen LogP contribution in [0.5, 0.6) is 0 Å². The molecule has 78 valence electrons. The molecule has 1 heterocycles. The predicted octanol–water partition coefficient (Wildman–Crippen LogP) is 2.96. The number of halogens is 1. The maximum Gasteiger partial charge on any atom is 0.224 e. The summed E-state index contributed by atoms with van der Waals surface area (Å²) in [6.07, 6.45) is 2.31. The highest BCUT2D eigenvalue weighted by Gasteiger charge is 2.05. The van der Waals surface area contributed by atoms with E-state index in [1.165, 1.54) is 6.42 Å². The van der Waals surface area contributed by atoms with Crippen LogP contribution >= 0.6 is 11.6 Å². The van der Waals surface area contributed by atoms with Gasteiger partial charge in [0.1, 0.15) is 5.82 Å². The van der Waals surface area contributed by atoms with Gasteiger partial charge in [-0.25, -0.2) is 9.97 Å². The first-order valence-electron chi connectivity index (χ1n) is 4.89. The number of nitrogens with zero attached hydrogens (tertiary/aromatic N) is 2. The van der Waals surface area contributed by atoms with Crippen molar-refractivity contribution in [2.45, 2.75) is 33.6 Å². The Hall–Kier alpha value is -0.830. The first kappa shape index (κ1) is 11.2. The molecule has 0 aliphatic heterocycles. The van der Waals surface area contributed by atoms with Crippen LogP contribution in [-0.2, 0) is 0 Å². The van der Waals surface area contributed by atoms with E-state index in [9.17, 15) is 0 Å². The molecule has 0 aromatic carbocycles. The summed E-state index contributed by atoms with van der Waals surface area (Å²) in [7, 11) is 0. The minimum atomic E-state index is 0.312. The van der Waals surface area contributed by atoms with E-state index >= 15 is 0 Å². The van der Waals surface area contributed by atoms with Crippen LogP contribution < -0.4 is 5.32 Å². The third kappa shape index (κ3) is 2.84. The van der Waals surface area contributed by atoms with Gasteiger partial charge in [0.05, 0.1) is 0 Å². The van der Waals surface area contributed by atoms with Crippen molar-refractivity contribution in [3.05, 3.63) is 16.5 Å². The molecular weight excluding hydrogens is 198 g/mol. The Morgan fingerprint density at radius 1 is 1.29 bits per heavy atom. The van der Waals surface area contributed by atoms with E-state index in [0.717, 1.165) is 30.0 Å². The van der Waals surface area contributed by atoms with E-state index in [4.69, 9.17) is 11.6 Å². The van der Waals surface area contributed by atoms with E-state index in [2.05, 4.69) is 22.2 Å². The second kappa shape index (κ2) is 5.15. The molecule has 0 saturated carbocycles. The highest BCUT2D eigenvalue weighted by molar-refractivity contribution is 6.28. The van der Waals surface area contributed by atoms with Gasteiger partial charge in [0.15, 0.2) is 0 Å². The molecule has 1 aromatic heterocycles. The zero-order valence-electron chi connectivity index (χ0n) is 8.89. The number of aryl methyl sites for hydroxylation is 1. The van der Waals surface area contributed by atoms with Gasteiger partial charge in [0, 0.05) is 17.8 Å². The van der Waals surface area contributed by atoms with Crippen LogP contribution in [0, 0.1) is 13.8 Å². The smallest absolute Gasteiger partial charge is 0.224 e. The normalized spacial score (nSPS) is 10.3. The first-order chi connectivity index (χ1) is 6.65. The maximum absolute atomic E-state index is 5.77. The quantitative estimate of drug-likeness (QED) is 0.617. The van der Waals surface area contributed by atoms with Crippen molar-refractivity contribution < 1.29 is 0 Å². The SMILES string of the molecule is CCCCNc1nc(Cl)nc(C)c1C. The van der Waals surface area contributed by atoms with E-state index < -0.39 is 0 Å². The van der Waals surface area contributed by atoms with Gasteiger partial charge in [-0.2, -0.15) is 0 Å². The molecular formula is C10H16ClN3. The second-order valence-corrected chi connectivity index (χ2v) is 3.67. The molecule has 0 unspecified atom stereocenters. The van der Waals surface area contributed by atoms with Crippen LogP contribution in [0.3, 0.4) is 0 Å². The summed E-state index contributed by atoms with van der Waals surface area (Å²) < 4.78 is 0. The van der Waals surface area contributed by atoms with Crippen LogP contribution in [0.4, 0.5) is 5.82 Å². The molecule has 4 heteroatoms. The number of nitrogens with one attached hydrogen (secondary N) is 1. The zero-order chi connectivity index (χ0) is 10.6. The van der Waals surface area contributed by atoms with E-state index in [1.54, 1.807) is 0 Å². The summed E-state index contributed by atoms with van der Waals surface area (Å²) in [5.74, 6) is 0.857. The number of unbranched alkanes of at least 4 members (excludes halogenated alkanes) is 1. The summed E-state index contributed by atoms with van der Waals surface area (Å²) >= 11 is 5.77. The third-order valence-electron chi connectivity index (χ3n) is 2.18. The largest absolute Gasteiger partial charge is 0.370 e. The number of hydrogen-bond donors (Lipinski definition) is 1. The van der Waals surface area contributed by atoms with Gasteiger partial charge < -0.3 is 5.32 Å². The Bertz CT molecular complexity index is 312. The Kier molecular flexibility index (Phi) is 4.14. The van der Waals surface area contributed by atoms with Crippen LogP contribution in [0.25, 0.3) is 0 Å². The number of rotatable bonds is 4. The maximum atomic E-state index is 5.77. The van der Waals surface area contributed by atoms with Crippen molar-refractivity contribution in [3.63, 3.8) is 0 Å². The molecule has 14 heavy (non-hydrogen) atoms. The van der Waals surface area contributed by atoms with Gasteiger partial charge in [-0.15, -0.1) is 0 Å². The molecule has 0 atom stereocenters. The summed E-state index contributed by atoms with van der Waals surface area (Å²) in [4.78, 5) is 8.22. The molecule has 0 radical (unpaired) electrons. The highest BCUT2D eigenvalue weighted by Crippen LogP contribution is 2.16. The standard InChI is InChI=1S/C10H16ClN3/c1-4-5-6-12-9-7(2)8(3)13-10(11)14-9/h4-6H2,1-3H3,(H,12,13,14). The number of hydrogen-bond acceptors (Lipinski definition) is 3. The van der Waals surface area contributed by atoms with Crippen molar-refractivity contribution in [2.24, 2.45) is 0 Å².